The third kappa shape index (κ3) is 1.46. The van der Waals surface area contributed by atoms with Crippen molar-refractivity contribution in [3.8, 4) is 0 Å². The van der Waals surface area contributed by atoms with E-state index in [-0.39, 0.29) is 6.42 Å². The van der Waals surface area contributed by atoms with Crippen molar-refractivity contribution in [1.82, 2.24) is 5.32 Å². The Kier molecular flexibility index (Phi) is 1.81. The Morgan fingerprint density at radius 1 is 1.60 bits per heavy atom. The minimum absolute atomic E-state index is 0.162. The van der Waals surface area contributed by atoms with Crippen LogP contribution in [0.3, 0.4) is 0 Å². The first-order chi connectivity index (χ1) is 5.46. The van der Waals surface area contributed by atoms with Gasteiger partial charge in [-0.2, -0.15) is 0 Å². The zero-order chi connectivity index (χ0) is 9.35. The molecule has 1 aliphatic heterocycles. The van der Waals surface area contributed by atoms with Crippen LogP contribution >= 0.6 is 0 Å². The highest BCUT2D eigenvalue weighted by molar-refractivity contribution is 4.85. The van der Waals surface area contributed by atoms with E-state index < -0.39 is 31.4 Å². The molecule has 0 aromatic carbocycles. The summed E-state index contributed by atoms with van der Waals surface area (Å²) in [6, 6.07) is -0.788. The predicted octanol–water partition coefficient (Wildman–Crippen LogP) is -1.94. The van der Waals surface area contributed by atoms with Gasteiger partial charge in [0.25, 0.3) is 0 Å². The van der Waals surface area contributed by atoms with E-state index in [0.29, 0.717) is 0 Å². The molecule has 3 atom stereocenters. The fourth-order valence-electron chi connectivity index (χ4n) is 0.923. The highest BCUT2D eigenvalue weighted by Gasteiger charge is 2.28. The topological polar surface area (TPSA) is 72.7 Å². The number of nitrogens with one attached hydrogen (secondary N) is 1. The van der Waals surface area contributed by atoms with Crippen LogP contribution in [0.1, 0.15) is 9.16 Å². The van der Waals surface area contributed by atoms with Gasteiger partial charge in [-0.3, -0.25) is 0 Å². The van der Waals surface area contributed by atoms with Gasteiger partial charge in [0.1, 0.15) is 0 Å². The summed E-state index contributed by atoms with van der Waals surface area (Å²) in [6.07, 6.45) is -2.37. The van der Waals surface area contributed by atoms with Crippen molar-refractivity contribution in [3.63, 3.8) is 0 Å². The van der Waals surface area contributed by atoms with Crippen molar-refractivity contribution in [2.24, 2.45) is 0 Å². The molecule has 0 amide bonds. The Balaban J connectivity index is 2.65. The summed E-state index contributed by atoms with van der Waals surface area (Å²) in [5.41, 5.74) is 0. The Morgan fingerprint density at radius 2 is 2.30 bits per heavy atom. The van der Waals surface area contributed by atoms with Crippen LogP contribution in [0, 0.1) is 0 Å². The van der Waals surface area contributed by atoms with Crippen LogP contribution in [0.4, 0.5) is 0 Å². The monoisotopic (exact) mass is 150 g/mol. The molecule has 0 radical (unpaired) electrons. The summed E-state index contributed by atoms with van der Waals surface area (Å²) in [6.45, 7) is -2.11. The Hall–Kier alpha value is -0.160. The zero-order valence-electron chi connectivity index (χ0n) is 7.49. The van der Waals surface area contributed by atoms with Crippen molar-refractivity contribution < 1.29 is 18.1 Å². The Bertz CT molecular complexity index is 167. The summed E-state index contributed by atoms with van der Waals surface area (Å²) < 4.78 is 14.5. The molecular formula is C6H13NO3. The first kappa shape index (κ1) is 5.49. The maximum atomic E-state index is 9.23. The number of piperidine rings is 1. The van der Waals surface area contributed by atoms with Crippen LogP contribution in [-0.2, 0) is 0 Å². The molecule has 4 nitrogen and oxygen atoms in total. The van der Waals surface area contributed by atoms with Crippen LogP contribution in [0.5, 0.6) is 0 Å². The first-order valence-electron chi connectivity index (χ1n) is 4.21. The minimum Gasteiger partial charge on any atom is -0.395 e. The normalized spacial score (nSPS) is 49.7. The number of aliphatic hydroxyl groups is 3. The molecule has 4 N–H and O–H groups in total. The van der Waals surface area contributed by atoms with E-state index in [9.17, 15) is 10.2 Å². The minimum atomic E-state index is -1.72. The highest BCUT2D eigenvalue weighted by Crippen LogP contribution is 2.08. The van der Waals surface area contributed by atoms with Crippen LogP contribution in [0.2, 0.25) is 0 Å². The van der Waals surface area contributed by atoms with Crippen molar-refractivity contribution in [2.45, 2.75) is 24.7 Å². The quantitative estimate of drug-likeness (QED) is 0.328. The number of rotatable bonds is 1. The fraction of sp³-hybridized carbons (Fsp3) is 1.00. The van der Waals surface area contributed by atoms with Gasteiger partial charge in [-0.05, 0) is 12.9 Å². The van der Waals surface area contributed by atoms with E-state index in [1.165, 1.54) is 0 Å². The van der Waals surface area contributed by atoms with E-state index in [0.717, 1.165) is 0 Å². The van der Waals surface area contributed by atoms with Crippen molar-refractivity contribution >= 4 is 0 Å². The lowest BCUT2D eigenvalue weighted by molar-refractivity contribution is -0.0382. The third-order valence-corrected chi connectivity index (χ3v) is 1.60. The van der Waals surface area contributed by atoms with Gasteiger partial charge in [0.15, 0.2) is 0 Å². The number of aliphatic hydroxyl groups excluding tert-OH is 3. The lowest BCUT2D eigenvalue weighted by Crippen LogP contribution is -2.54. The molecule has 0 aromatic heterocycles. The van der Waals surface area contributed by atoms with Crippen LogP contribution < -0.4 is 5.32 Å². The molecule has 60 valence electrons. The predicted molar refractivity (Wildman–Crippen MR) is 35.5 cm³/mol. The van der Waals surface area contributed by atoms with Gasteiger partial charge >= 0.3 is 0 Å². The highest BCUT2D eigenvalue weighted by atomic mass is 16.3. The second-order valence-electron chi connectivity index (χ2n) is 2.37. The SMILES string of the molecule is [2H][13C]1([2H])C[C@@H](O)[C@H](O)[C@@H](CO)N1. The molecule has 1 rings (SSSR count). The van der Waals surface area contributed by atoms with Crippen molar-refractivity contribution in [1.29, 1.82) is 0 Å². The smallest absolute Gasteiger partial charge is 0.0974 e. The summed E-state index contributed by atoms with van der Waals surface area (Å²) in [5.74, 6) is 0. The molecule has 0 aromatic rings. The van der Waals surface area contributed by atoms with E-state index in [4.69, 9.17) is 7.85 Å². The molecule has 1 aliphatic rings. The van der Waals surface area contributed by atoms with E-state index >= 15 is 0 Å². The number of hydrogen-bond acceptors (Lipinski definition) is 4. The van der Waals surface area contributed by atoms with Crippen LogP contribution in [-0.4, -0.2) is 46.7 Å². The molecular weight excluding hydrogens is 135 g/mol. The molecule has 1 heterocycles. The molecule has 0 spiro atoms. The fourth-order valence-corrected chi connectivity index (χ4v) is 0.923. The van der Waals surface area contributed by atoms with Gasteiger partial charge in [-0.1, -0.05) is 0 Å². The first-order valence-corrected chi connectivity index (χ1v) is 3.21. The van der Waals surface area contributed by atoms with E-state index in [1.807, 2.05) is 0 Å². The molecule has 0 saturated carbocycles. The van der Waals surface area contributed by atoms with E-state index in [1.54, 1.807) is 0 Å². The summed E-state index contributed by atoms with van der Waals surface area (Å²) >= 11 is 0. The van der Waals surface area contributed by atoms with Gasteiger partial charge < -0.3 is 20.6 Å². The van der Waals surface area contributed by atoms with Crippen molar-refractivity contribution in [2.75, 3.05) is 13.1 Å². The van der Waals surface area contributed by atoms with Gasteiger partial charge in [0.05, 0.1) is 24.9 Å². The largest absolute Gasteiger partial charge is 0.395 e. The van der Waals surface area contributed by atoms with Gasteiger partial charge in [-0.15, -0.1) is 0 Å². The second-order valence-corrected chi connectivity index (χ2v) is 2.37. The van der Waals surface area contributed by atoms with Gasteiger partial charge in [0, 0.05) is 2.74 Å². The molecule has 1 fully saturated rings. The number of hydrogen-bond donors (Lipinski definition) is 4. The zero-order valence-corrected chi connectivity index (χ0v) is 5.49. The molecule has 4 heteroatoms. The van der Waals surface area contributed by atoms with Crippen LogP contribution in [0.15, 0.2) is 0 Å². The standard InChI is InChI=1S/C6H13NO3/c8-3-4-6(10)5(9)1-2-7-4/h4-10H,1-3H2/t4-,5-,6-/m1/s1/i2+1D2. The maximum absolute atomic E-state index is 9.23. The summed E-state index contributed by atoms with van der Waals surface area (Å²) in [5, 5.41) is 29.5. The lowest BCUT2D eigenvalue weighted by atomic mass is 10.0. The summed E-state index contributed by atoms with van der Waals surface area (Å²) in [7, 11) is 0. The van der Waals surface area contributed by atoms with Gasteiger partial charge in [0.2, 0.25) is 0 Å². The molecule has 0 unspecified atom stereocenters. The van der Waals surface area contributed by atoms with Crippen LogP contribution in [0.25, 0.3) is 0 Å². The lowest BCUT2D eigenvalue weighted by Gasteiger charge is -2.31. The molecule has 1 saturated heterocycles. The van der Waals surface area contributed by atoms with E-state index in [2.05, 4.69) is 5.32 Å². The molecule has 0 aliphatic carbocycles. The average molecular weight is 150 g/mol. The molecule has 0 bridgehead atoms. The van der Waals surface area contributed by atoms with Crippen molar-refractivity contribution in [3.05, 3.63) is 0 Å². The Morgan fingerprint density at radius 3 is 2.90 bits per heavy atom. The Labute approximate surface area is 62.3 Å². The second kappa shape index (κ2) is 3.30. The average Bonchev–Trinajstić information content (AvgIpc) is 1.96. The summed E-state index contributed by atoms with van der Waals surface area (Å²) in [4.78, 5) is 0. The third-order valence-electron chi connectivity index (χ3n) is 1.60. The van der Waals surface area contributed by atoms with Gasteiger partial charge in [-0.25, -0.2) is 0 Å². The maximum Gasteiger partial charge on any atom is 0.0974 e. The molecule has 10 heavy (non-hydrogen) atoms.